The van der Waals surface area contributed by atoms with Gasteiger partial charge in [0, 0.05) is 18.7 Å². The van der Waals surface area contributed by atoms with Gasteiger partial charge in [-0.3, -0.25) is 10.1 Å². The quantitative estimate of drug-likeness (QED) is 0.420. The molecule has 0 bridgehead atoms. The number of hydrogen-bond acceptors (Lipinski definition) is 4. The second kappa shape index (κ2) is 7.06. The van der Waals surface area contributed by atoms with Crippen molar-refractivity contribution < 1.29 is 9.66 Å². The molecule has 1 aromatic carbocycles. The van der Waals surface area contributed by atoms with Crippen LogP contribution in [0.25, 0.3) is 10.9 Å². The van der Waals surface area contributed by atoms with Crippen LogP contribution >= 0.6 is 0 Å². The van der Waals surface area contributed by atoms with E-state index in [-0.39, 0.29) is 5.69 Å². The standard InChI is InChI=1S/C15H21N3O3/c1-3-5-9-17-15(21-10-6-4-2)13-11-12(18(19)20)7-8-14(13)16-17/h7-8,11H,3-6,9-10H2,1-2H3. The van der Waals surface area contributed by atoms with Crippen molar-refractivity contribution in [2.45, 2.75) is 46.1 Å². The molecule has 0 N–H and O–H groups in total. The van der Waals surface area contributed by atoms with E-state index in [1.54, 1.807) is 12.1 Å². The maximum atomic E-state index is 10.9. The van der Waals surface area contributed by atoms with Crippen LogP contribution in [0.1, 0.15) is 39.5 Å². The van der Waals surface area contributed by atoms with E-state index in [0.717, 1.165) is 43.1 Å². The van der Waals surface area contributed by atoms with E-state index in [0.29, 0.717) is 12.5 Å². The molecule has 6 heteroatoms. The Kier molecular flexibility index (Phi) is 5.14. The molecule has 6 nitrogen and oxygen atoms in total. The van der Waals surface area contributed by atoms with Crippen molar-refractivity contribution in [3.05, 3.63) is 28.3 Å². The summed E-state index contributed by atoms with van der Waals surface area (Å²) in [6.07, 6.45) is 4.06. The lowest BCUT2D eigenvalue weighted by Crippen LogP contribution is -2.06. The Morgan fingerprint density at radius 3 is 2.71 bits per heavy atom. The number of rotatable bonds is 8. The summed E-state index contributed by atoms with van der Waals surface area (Å²) in [6, 6.07) is 4.71. The van der Waals surface area contributed by atoms with Crippen LogP contribution < -0.4 is 4.74 Å². The van der Waals surface area contributed by atoms with E-state index in [9.17, 15) is 10.1 Å². The highest BCUT2D eigenvalue weighted by atomic mass is 16.6. The van der Waals surface area contributed by atoms with Gasteiger partial charge in [0.2, 0.25) is 5.88 Å². The Labute approximate surface area is 123 Å². The van der Waals surface area contributed by atoms with Gasteiger partial charge in [-0.1, -0.05) is 26.7 Å². The second-order valence-electron chi connectivity index (χ2n) is 5.04. The first-order valence-electron chi connectivity index (χ1n) is 7.45. The third kappa shape index (κ3) is 3.51. The minimum Gasteiger partial charge on any atom is -0.477 e. The number of nitro benzene ring substituents is 1. The normalized spacial score (nSPS) is 11.0. The molecule has 2 aromatic rings. The molecule has 0 atom stereocenters. The van der Waals surface area contributed by atoms with Crippen molar-refractivity contribution in [3.63, 3.8) is 0 Å². The van der Waals surface area contributed by atoms with Crippen LogP contribution in [0.15, 0.2) is 18.2 Å². The fourth-order valence-electron chi connectivity index (χ4n) is 2.14. The molecule has 0 aliphatic heterocycles. The van der Waals surface area contributed by atoms with E-state index in [1.165, 1.54) is 6.07 Å². The van der Waals surface area contributed by atoms with Gasteiger partial charge in [-0.2, -0.15) is 5.10 Å². The lowest BCUT2D eigenvalue weighted by atomic mass is 10.2. The predicted octanol–water partition coefficient (Wildman–Crippen LogP) is 3.92. The Hall–Kier alpha value is -2.11. The number of hydrogen-bond donors (Lipinski definition) is 0. The average molecular weight is 291 g/mol. The van der Waals surface area contributed by atoms with Gasteiger partial charge in [0.15, 0.2) is 0 Å². The summed E-state index contributed by atoms with van der Waals surface area (Å²) < 4.78 is 7.67. The number of ether oxygens (including phenoxy) is 1. The fraction of sp³-hybridized carbons (Fsp3) is 0.533. The van der Waals surface area contributed by atoms with Crippen molar-refractivity contribution in [1.29, 1.82) is 0 Å². The minimum atomic E-state index is -0.390. The summed E-state index contributed by atoms with van der Waals surface area (Å²) in [6.45, 7) is 5.58. The molecule has 0 aliphatic rings. The third-order valence-corrected chi connectivity index (χ3v) is 3.34. The van der Waals surface area contributed by atoms with E-state index in [4.69, 9.17) is 4.74 Å². The van der Waals surface area contributed by atoms with Crippen LogP contribution in [0.3, 0.4) is 0 Å². The molecule has 0 amide bonds. The number of unbranched alkanes of at least 4 members (excludes halogenated alkanes) is 2. The molecule has 0 unspecified atom stereocenters. The van der Waals surface area contributed by atoms with Crippen molar-refractivity contribution in [1.82, 2.24) is 9.78 Å². The van der Waals surface area contributed by atoms with Crippen LogP contribution in [0.5, 0.6) is 5.88 Å². The lowest BCUT2D eigenvalue weighted by Gasteiger charge is -2.08. The molecule has 114 valence electrons. The smallest absolute Gasteiger partial charge is 0.270 e. The lowest BCUT2D eigenvalue weighted by molar-refractivity contribution is -0.384. The van der Waals surface area contributed by atoms with E-state index >= 15 is 0 Å². The highest BCUT2D eigenvalue weighted by Crippen LogP contribution is 2.29. The molecule has 1 heterocycles. The zero-order valence-electron chi connectivity index (χ0n) is 12.5. The van der Waals surface area contributed by atoms with Crippen LogP contribution in [0.2, 0.25) is 0 Å². The second-order valence-corrected chi connectivity index (χ2v) is 5.04. The first kappa shape index (κ1) is 15.3. The number of aryl methyl sites for hydroxylation is 1. The molecule has 0 fully saturated rings. The van der Waals surface area contributed by atoms with Crippen LogP contribution in [-0.2, 0) is 6.54 Å². The number of nitro groups is 1. The highest BCUT2D eigenvalue weighted by Gasteiger charge is 2.16. The van der Waals surface area contributed by atoms with Gasteiger partial charge in [0.1, 0.15) is 0 Å². The van der Waals surface area contributed by atoms with Crippen molar-refractivity contribution in [2.75, 3.05) is 6.61 Å². The van der Waals surface area contributed by atoms with E-state index in [2.05, 4.69) is 18.9 Å². The van der Waals surface area contributed by atoms with Crippen LogP contribution in [0, 0.1) is 10.1 Å². The molecule has 0 saturated heterocycles. The summed E-state index contributed by atoms with van der Waals surface area (Å²) >= 11 is 0. The zero-order valence-corrected chi connectivity index (χ0v) is 12.5. The largest absolute Gasteiger partial charge is 0.477 e. The van der Waals surface area contributed by atoms with Crippen LogP contribution in [0.4, 0.5) is 5.69 Å². The number of fused-ring (bicyclic) bond motifs is 1. The summed E-state index contributed by atoms with van der Waals surface area (Å²) in [7, 11) is 0. The molecule has 0 radical (unpaired) electrons. The molecular formula is C15H21N3O3. The molecule has 1 aromatic heterocycles. The maximum absolute atomic E-state index is 10.9. The van der Waals surface area contributed by atoms with E-state index < -0.39 is 4.92 Å². The Balaban J connectivity index is 2.39. The third-order valence-electron chi connectivity index (χ3n) is 3.34. The fourth-order valence-corrected chi connectivity index (χ4v) is 2.14. The summed E-state index contributed by atoms with van der Waals surface area (Å²) in [4.78, 5) is 10.5. The first-order chi connectivity index (χ1) is 10.2. The summed E-state index contributed by atoms with van der Waals surface area (Å²) in [5.74, 6) is 0.649. The van der Waals surface area contributed by atoms with Crippen molar-refractivity contribution >= 4 is 16.6 Å². The summed E-state index contributed by atoms with van der Waals surface area (Å²) in [5.41, 5.74) is 0.807. The first-order valence-corrected chi connectivity index (χ1v) is 7.45. The number of non-ortho nitro benzene ring substituents is 1. The average Bonchev–Trinajstić information content (AvgIpc) is 2.82. The van der Waals surface area contributed by atoms with Crippen molar-refractivity contribution in [2.24, 2.45) is 0 Å². The zero-order chi connectivity index (χ0) is 15.2. The molecule has 21 heavy (non-hydrogen) atoms. The Bertz CT molecular complexity index is 622. The topological polar surface area (TPSA) is 70.2 Å². The number of benzene rings is 1. The predicted molar refractivity (Wildman–Crippen MR) is 81.7 cm³/mol. The van der Waals surface area contributed by atoms with Gasteiger partial charge in [-0.05, 0) is 18.9 Å². The number of aromatic nitrogens is 2. The summed E-state index contributed by atoms with van der Waals surface area (Å²) in [5, 5.41) is 16.1. The van der Waals surface area contributed by atoms with Crippen molar-refractivity contribution in [3.8, 4) is 5.88 Å². The monoisotopic (exact) mass is 291 g/mol. The highest BCUT2D eigenvalue weighted by molar-refractivity contribution is 5.86. The van der Waals surface area contributed by atoms with Gasteiger partial charge in [0.25, 0.3) is 5.69 Å². The minimum absolute atomic E-state index is 0.0675. The molecular weight excluding hydrogens is 270 g/mol. The Morgan fingerprint density at radius 2 is 2.05 bits per heavy atom. The van der Waals surface area contributed by atoms with Crippen LogP contribution in [-0.4, -0.2) is 21.3 Å². The molecule has 2 rings (SSSR count). The molecule has 0 spiro atoms. The van der Waals surface area contributed by atoms with E-state index in [1.807, 2.05) is 4.68 Å². The van der Waals surface area contributed by atoms with Gasteiger partial charge < -0.3 is 4.74 Å². The molecule has 0 saturated carbocycles. The number of nitrogens with zero attached hydrogens (tertiary/aromatic N) is 3. The Morgan fingerprint density at radius 1 is 1.29 bits per heavy atom. The SMILES string of the molecule is CCCCOc1c2cc([N+](=O)[O-])ccc2nn1CCCC. The van der Waals surface area contributed by atoms with Gasteiger partial charge in [-0.15, -0.1) is 0 Å². The van der Waals surface area contributed by atoms with Gasteiger partial charge in [0.05, 0.1) is 22.4 Å². The van der Waals surface area contributed by atoms with Gasteiger partial charge >= 0.3 is 0 Å². The maximum Gasteiger partial charge on any atom is 0.270 e. The van der Waals surface area contributed by atoms with Gasteiger partial charge in [-0.25, -0.2) is 4.68 Å². The molecule has 0 aliphatic carbocycles.